The molecule has 0 saturated carbocycles. The Labute approximate surface area is 454 Å². The highest BCUT2D eigenvalue weighted by atomic mass is 16.7. The Morgan fingerprint density at radius 2 is 0.838 bits per heavy atom. The summed E-state index contributed by atoms with van der Waals surface area (Å²) in [5.41, 5.74) is 0. The quantitative estimate of drug-likeness (QED) is 0.0215. The molecule has 1 heterocycles. The first-order chi connectivity index (χ1) is 36.2. The molecule has 0 aromatic heterocycles. The Morgan fingerprint density at radius 1 is 0.473 bits per heavy atom. The molecule has 0 aromatic rings. The van der Waals surface area contributed by atoms with Crippen molar-refractivity contribution < 1.29 is 50.0 Å². The van der Waals surface area contributed by atoms with Crippen LogP contribution in [0, 0.1) is 0 Å². The number of carbonyl (C=O) groups excluding carboxylic acids is 1. The number of hydrogen-bond acceptors (Lipinski definition) is 10. The number of aliphatic hydroxyl groups excluding tert-OH is 7. The van der Waals surface area contributed by atoms with Crippen molar-refractivity contribution in [3.05, 3.63) is 36.5 Å². The Kier molecular flexibility index (Phi) is 49.5. The van der Waals surface area contributed by atoms with Gasteiger partial charge in [-0.05, 0) is 70.6 Å². The molecule has 0 spiro atoms. The molecule has 9 atom stereocenters. The molecule has 436 valence electrons. The number of aliphatic hydroxyl groups is 7. The highest BCUT2D eigenvalue weighted by molar-refractivity contribution is 5.80. The van der Waals surface area contributed by atoms with Crippen molar-refractivity contribution in [2.45, 2.75) is 345 Å². The lowest BCUT2D eigenvalue weighted by Crippen LogP contribution is -2.60. The summed E-state index contributed by atoms with van der Waals surface area (Å²) in [6.45, 7) is 3.47. The van der Waals surface area contributed by atoms with Crippen LogP contribution >= 0.6 is 0 Å². The molecule has 9 unspecified atom stereocenters. The molecule has 0 aromatic carbocycles. The Bertz CT molecular complexity index is 1300. The normalized spacial score (nSPS) is 20.0. The van der Waals surface area contributed by atoms with Crippen molar-refractivity contribution in [2.75, 3.05) is 13.2 Å². The first-order valence-electron chi connectivity index (χ1n) is 31.4. The molecule has 8 N–H and O–H groups in total. The summed E-state index contributed by atoms with van der Waals surface area (Å²) in [6.07, 6.45) is 53.5. The average Bonchev–Trinajstić information content (AvgIpc) is 3.40. The van der Waals surface area contributed by atoms with E-state index in [1.54, 1.807) is 0 Å². The van der Waals surface area contributed by atoms with Gasteiger partial charge in [0.05, 0.1) is 25.4 Å². The maximum absolute atomic E-state index is 13.2. The van der Waals surface area contributed by atoms with E-state index in [1.807, 2.05) is 0 Å². The van der Waals surface area contributed by atoms with Crippen LogP contribution in [0.15, 0.2) is 36.5 Å². The molecule has 1 aliphatic heterocycles. The van der Waals surface area contributed by atoms with Crippen LogP contribution in [-0.4, -0.2) is 110 Å². The molecule has 1 fully saturated rings. The maximum Gasteiger partial charge on any atom is 0.249 e. The zero-order chi connectivity index (χ0) is 54.0. The van der Waals surface area contributed by atoms with E-state index in [4.69, 9.17) is 9.47 Å². The van der Waals surface area contributed by atoms with Gasteiger partial charge in [0.1, 0.15) is 36.6 Å². The number of ether oxygens (including phenoxy) is 2. The van der Waals surface area contributed by atoms with Crippen LogP contribution in [0.4, 0.5) is 0 Å². The van der Waals surface area contributed by atoms with Gasteiger partial charge in [-0.1, -0.05) is 256 Å². The fourth-order valence-electron chi connectivity index (χ4n) is 10.1. The molecular formula is C63H119NO10. The van der Waals surface area contributed by atoms with Crippen molar-refractivity contribution in [2.24, 2.45) is 0 Å². The third-order valence-corrected chi connectivity index (χ3v) is 15.2. The minimum atomic E-state index is -1.67. The van der Waals surface area contributed by atoms with Crippen LogP contribution in [-0.2, 0) is 14.3 Å². The van der Waals surface area contributed by atoms with Crippen LogP contribution in [0.1, 0.15) is 290 Å². The smallest absolute Gasteiger partial charge is 0.249 e. The lowest BCUT2D eigenvalue weighted by molar-refractivity contribution is -0.303. The van der Waals surface area contributed by atoms with Crippen molar-refractivity contribution in [1.29, 1.82) is 0 Å². The van der Waals surface area contributed by atoms with E-state index in [-0.39, 0.29) is 12.8 Å². The number of hydrogen-bond donors (Lipinski definition) is 8. The minimum absolute atomic E-state index is 0.247. The van der Waals surface area contributed by atoms with Gasteiger partial charge < -0.3 is 50.5 Å². The SMILES string of the molecule is CCCCCCCCCCC/C=C\C/C=C\CCCCCCCCCCC(O)C(=O)NC(COC1OC(CO)C(O)C(O)C1O)C(O)C(O)CCC/C=C/CCCCCCCCCCCCCCCCCCCC. The molecule has 0 aliphatic carbocycles. The number of nitrogens with one attached hydrogen (secondary N) is 1. The van der Waals surface area contributed by atoms with Gasteiger partial charge in [0.2, 0.25) is 5.91 Å². The summed E-state index contributed by atoms with van der Waals surface area (Å²) in [6, 6.07) is -1.19. The van der Waals surface area contributed by atoms with Crippen LogP contribution in [0.25, 0.3) is 0 Å². The standard InChI is InChI=1S/C63H119NO10/c1-3-5-7-9-11-13-15-17-19-21-23-25-27-29-31-33-35-37-39-41-43-45-47-49-51-56(67)62(72)64-54(53-73-63-61(71)60(70)59(69)57(52-65)74-63)58(68)55(66)50-48-46-44-42-40-38-36-34-32-30-28-26-24-22-20-18-16-14-12-10-8-6-4-2/h23,25,29,31,42,44,54-61,63,65-71H,3-22,24,26-28,30,32-41,43,45-53H2,1-2H3,(H,64,72)/b25-23-,31-29-,44-42+. The lowest BCUT2D eigenvalue weighted by Gasteiger charge is -2.40. The Balaban J connectivity index is 2.30. The summed E-state index contributed by atoms with van der Waals surface area (Å²) in [5.74, 6) is -0.708. The first kappa shape index (κ1) is 70.3. The van der Waals surface area contributed by atoms with Crippen LogP contribution in [0.3, 0.4) is 0 Å². The van der Waals surface area contributed by atoms with Crippen molar-refractivity contribution in [1.82, 2.24) is 5.32 Å². The van der Waals surface area contributed by atoms with Crippen LogP contribution in [0.5, 0.6) is 0 Å². The molecule has 0 bridgehead atoms. The van der Waals surface area contributed by atoms with Gasteiger partial charge in [0.25, 0.3) is 0 Å². The maximum atomic E-state index is 13.2. The van der Waals surface area contributed by atoms with E-state index >= 15 is 0 Å². The molecular weight excluding hydrogens is 931 g/mol. The van der Waals surface area contributed by atoms with Crippen molar-refractivity contribution in [3.63, 3.8) is 0 Å². The second kappa shape index (κ2) is 52.1. The van der Waals surface area contributed by atoms with E-state index in [1.165, 1.54) is 199 Å². The van der Waals surface area contributed by atoms with Gasteiger partial charge >= 0.3 is 0 Å². The second-order valence-electron chi connectivity index (χ2n) is 22.1. The van der Waals surface area contributed by atoms with Crippen molar-refractivity contribution in [3.8, 4) is 0 Å². The Hall–Kier alpha value is -1.67. The third kappa shape index (κ3) is 39.7. The number of unbranched alkanes of at least 4 members (excludes halogenated alkanes) is 36. The van der Waals surface area contributed by atoms with Gasteiger partial charge in [-0.25, -0.2) is 0 Å². The predicted molar refractivity (Wildman–Crippen MR) is 307 cm³/mol. The largest absolute Gasteiger partial charge is 0.394 e. The predicted octanol–water partition coefficient (Wildman–Crippen LogP) is 13.9. The fourth-order valence-corrected chi connectivity index (χ4v) is 10.1. The summed E-state index contributed by atoms with van der Waals surface area (Å²) in [7, 11) is 0. The highest BCUT2D eigenvalue weighted by Crippen LogP contribution is 2.23. The zero-order valence-electron chi connectivity index (χ0n) is 47.8. The van der Waals surface area contributed by atoms with Crippen LogP contribution in [0.2, 0.25) is 0 Å². The lowest BCUT2D eigenvalue weighted by atomic mass is 9.98. The minimum Gasteiger partial charge on any atom is -0.394 e. The van der Waals surface area contributed by atoms with Gasteiger partial charge in [-0.2, -0.15) is 0 Å². The second-order valence-corrected chi connectivity index (χ2v) is 22.1. The number of allylic oxidation sites excluding steroid dienone is 6. The van der Waals surface area contributed by atoms with E-state index < -0.39 is 74.2 Å². The first-order valence-corrected chi connectivity index (χ1v) is 31.4. The molecule has 11 nitrogen and oxygen atoms in total. The van der Waals surface area contributed by atoms with Gasteiger partial charge in [-0.3, -0.25) is 4.79 Å². The number of carbonyl (C=O) groups is 1. The van der Waals surface area contributed by atoms with E-state index in [9.17, 15) is 40.5 Å². The number of amides is 1. The summed E-state index contributed by atoms with van der Waals surface area (Å²) < 4.78 is 11.2. The van der Waals surface area contributed by atoms with Crippen molar-refractivity contribution >= 4 is 5.91 Å². The molecule has 74 heavy (non-hydrogen) atoms. The van der Waals surface area contributed by atoms with Gasteiger partial charge in [0.15, 0.2) is 6.29 Å². The van der Waals surface area contributed by atoms with Crippen LogP contribution < -0.4 is 5.32 Å². The van der Waals surface area contributed by atoms with E-state index in [2.05, 4.69) is 55.6 Å². The van der Waals surface area contributed by atoms with E-state index in [0.29, 0.717) is 12.8 Å². The fraction of sp³-hybridized carbons (Fsp3) is 0.889. The average molecular weight is 1050 g/mol. The summed E-state index contributed by atoms with van der Waals surface area (Å²) in [4.78, 5) is 13.2. The summed E-state index contributed by atoms with van der Waals surface area (Å²) >= 11 is 0. The molecule has 0 radical (unpaired) electrons. The third-order valence-electron chi connectivity index (χ3n) is 15.2. The molecule has 1 rings (SSSR count). The monoisotopic (exact) mass is 1050 g/mol. The van der Waals surface area contributed by atoms with E-state index in [0.717, 1.165) is 51.4 Å². The molecule has 11 heteroatoms. The number of rotatable bonds is 54. The molecule has 1 amide bonds. The highest BCUT2D eigenvalue weighted by Gasteiger charge is 2.44. The Morgan fingerprint density at radius 3 is 1.24 bits per heavy atom. The topological polar surface area (TPSA) is 189 Å². The van der Waals surface area contributed by atoms with Gasteiger partial charge in [-0.15, -0.1) is 0 Å². The summed E-state index contributed by atoms with van der Waals surface area (Å²) in [5, 5.41) is 76.3. The molecule has 1 saturated heterocycles. The zero-order valence-corrected chi connectivity index (χ0v) is 47.8. The molecule has 1 aliphatic rings. The van der Waals surface area contributed by atoms with Gasteiger partial charge in [0, 0.05) is 0 Å².